The molecule has 3 atom stereocenters. The molecule has 0 N–H and O–H groups in total. The van der Waals surface area contributed by atoms with Crippen LogP contribution in [0.5, 0.6) is 0 Å². The molecule has 1 aliphatic carbocycles. The van der Waals surface area contributed by atoms with Gasteiger partial charge in [0.1, 0.15) is 0 Å². The largest absolute Gasteiger partial charge is 0.243 e. The van der Waals surface area contributed by atoms with E-state index in [-0.39, 0.29) is 11.7 Å². The quantitative estimate of drug-likeness (QED) is 0.602. The second kappa shape index (κ2) is 6.01. The number of aryl methyl sites for hydroxylation is 1. The maximum Gasteiger partial charge on any atom is 0.243 e. The summed E-state index contributed by atoms with van der Waals surface area (Å²) in [5.41, 5.74) is 1.37. The predicted octanol–water partition coefficient (Wildman–Crippen LogP) is 4.19. The van der Waals surface area contributed by atoms with Gasteiger partial charge in [0.15, 0.2) is 0 Å². The monoisotopic (exact) mass is 351 g/mol. The first-order valence-electron chi connectivity index (χ1n) is 8.83. The van der Waals surface area contributed by atoms with Crippen molar-refractivity contribution in [3.8, 4) is 0 Å². The van der Waals surface area contributed by atoms with Crippen LogP contribution in [-0.4, -0.2) is 32.5 Å². The first-order chi connectivity index (χ1) is 10.7. The molecule has 0 amide bonds. The van der Waals surface area contributed by atoms with E-state index < -0.39 is 18.1 Å². The van der Waals surface area contributed by atoms with Crippen molar-refractivity contribution in [3.05, 3.63) is 29.8 Å². The lowest BCUT2D eigenvalue weighted by Gasteiger charge is -2.22. The van der Waals surface area contributed by atoms with E-state index in [1.54, 1.807) is 12.1 Å². The minimum absolute atomic E-state index is 0.258. The van der Waals surface area contributed by atoms with Crippen molar-refractivity contribution >= 4 is 18.1 Å². The van der Waals surface area contributed by atoms with Gasteiger partial charge in [0.05, 0.1) is 13.0 Å². The zero-order valence-electron chi connectivity index (χ0n) is 14.7. The van der Waals surface area contributed by atoms with Crippen molar-refractivity contribution < 1.29 is 8.42 Å². The number of hydrogen-bond acceptors (Lipinski definition) is 2. The molecule has 2 aliphatic rings. The Hall–Kier alpha value is -0.653. The lowest BCUT2D eigenvalue weighted by molar-refractivity contribution is 0.336. The summed E-state index contributed by atoms with van der Waals surface area (Å²) < 4.78 is 28.2. The average Bonchev–Trinajstić information content (AvgIpc) is 3.25. The molecule has 0 spiro atoms. The van der Waals surface area contributed by atoms with Gasteiger partial charge in [0, 0.05) is 11.7 Å². The lowest BCUT2D eigenvalue weighted by atomic mass is 9.87. The van der Waals surface area contributed by atoms with Crippen molar-refractivity contribution in [3.63, 3.8) is 0 Å². The fourth-order valence-corrected chi connectivity index (χ4v) is 9.69. The molecule has 3 nitrogen and oxygen atoms in total. The Kier molecular flexibility index (Phi) is 4.49. The third kappa shape index (κ3) is 3.28. The van der Waals surface area contributed by atoms with Crippen molar-refractivity contribution in [2.45, 2.75) is 75.3 Å². The van der Waals surface area contributed by atoms with E-state index in [0.717, 1.165) is 5.56 Å². The summed E-state index contributed by atoms with van der Waals surface area (Å²) in [7, 11) is -4.89. The molecule has 0 bridgehead atoms. The van der Waals surface area contributed by atoms with Gasteiger partial charge in [-0.2, -0.15) is 4.31 Å². The minimum atomic E-state index is -3.35. The molecule has 1 unspecified atom stereocenters. The summed E-state index contributed by atoms with van der Waals surface area (Å²) in [5, 5.41) is 0. The van der Waals surface area contributed by atoms with E-state index in [2.05, 4.69) is 19.6 Å². The molecular formula is C18H29NO2SSi. The molecule has 1 saturated heterocycles. The first-order valence-corrected chi connectivity index (χ1v) is 13.8. The predicted molar refractivity (Wildman–Crippen MR) is 97.7 cm³/mol. The summed E-state index contributed by atoms with van der Waals surface area (Å²) in [6.45, 7) is 8.90. The normalized spacial score (nSPS) is 29.5. The molecule has 1 aromatic carbocycles. The van der Waals surface area contributed by atoms with Crippen LogP contribution in [0, 0.1) is 12.8 Å². The summed E-state index contributed by atoms with van der Waals surface area (Å²) in [6.07, 6.45) is 6.23. The van der Waals surface area contributed by atoms with E-state index >= 15 is 0 Å². The summed E-state index contributed by atoms with van der Waals surface area (Å²) in [5.74, 6) is 0.570. The van der Waals surface area contributed by atoms with Crippen LogP contribution >= 0.6 is 0 Å². The van der Waals surface area contributed by atoms with Gasteiger partial charge < -0.3 is 0 Å². The SMILES string of the molecule is Cc1ccc(S(=O)(=O)N2[C@H]([Si](C)(C)C)[C@@H]2C2CCCCC2)cc1. The molecule has 2 fully saturated rings. The molecule has 0 radical (unpaired) electrons. The van der Waals surface area contributed by atoms with Gasteiger partial charge in [-0.3, -0.25) is 0 Å². The lowest BCUT2D eigenvalue weighted by Crippen LogP contribution is -2.34. The Bertz CT molecular complexity index is 657. The van der Waals surface area contributed by atoms with Crippen molar-refractivity contribution in [2.75, 3.05) is 0 Å². The first kappa shape index (κ1) is 17.2. The van der Waals surface area contributed by atoms with Gasteiger partial charge in [0.2, 0.25) is 10.0 Å². The van der Waals surface area contributed by atoms with Crippen LogP contribution in [0.15, 0.2) is 29.2 Å². The van der Waals surface area contributed by atoms with Crippen LogP contribution in [0.2, 0.25) is 19.6 Å². The van der Waals surface area contributed by atoms with Gasteiger partial charge in [-0.25, -0.2) is 8.42 Å². The molecule has 5 heteroatoms. The van der Waals surface area contributed by atoms with Gasteiger partial charge in [0.25, 0.3) is 0 Å². The topological polar surface area (TPSA) is 37.1 Å². The average molecular weight is 352 g/mol. The van der Waals surface area contributed by atoms with Crippen LogP contribution in [0.3, 0.4) is 0 Å². The number of benzene rings is 1. The zero-order valence-corrected chi connectivity index (χ0v) is 16.6. The summed E-state index contributed by atoms with van der Waals surface area (Å²) in [6, 6.07) is 7.59. The Labute approximate surface area is 142 Å². The van der Waals surface area contributed by atoms with Gasteiger partial charge >= 0.3 is 0 Å². The smallest absolute Gasteiger partial charge is 0.207 e. The molecule has 1 aliphatic heterocycles. The maximum atomic E-state index is 13.2. The van der Waals surface area contributed by atoms with E-state index in [4.69, 9.17) is 0 Å². The fraction of sp³-hybridized carbons (Fsp3) is 0.667. The van der Waals surface area contributed by atoms with Gasteiger partial charge in [-0.15, -0.1) is 0 Å². The highest BCUT2D eigenvalue weighted by Gasteiger charge is 2.62. The minimum Gasteiger partial charge on any atom is -0.207 e. The summed E-state index contributed by atoms with van der Waals surface area (Å²) >= 11 is 0. The van der Waals surface area contributed by atoms with Crippen molar-refractivity contribution in [2.24, 2.45) is 5.92 Å². The molecule has 3 rings (SSSR count). The maximum absolute atomic E-state index is 13.2. The number of hydrogen-bond donors (Lipinski definition) is 0. The van der Waals surface area contributed by atoms with Crippen LogP contribution in [0.1, 0.15) is 37.7 Å². The number of nitrogens with zero attached hydrogens (tertiary/aromatic N) is 1. The van der Waals surface area contributed by atoms with Crippen LogP contribution in [-0.2, 0) is 10.0 Å². The Balaban J connectivity index is 1.91. The van der Waals surface area contributed by atoms with Crippen LogP contribution < -0.4 is 0 Å². The van der Waals surface area contributed by atoms with Gasteiger partial charge in [-0.1, -0.05) is 56.6 Å². The molecule has 1 saturated carbocycles. The van der Waals surface area contributed by atoms with Gasteiger partial charge in [-0.05, 0) is 37.8 Å². The Morgan fingerprint density at radius 1 is 1.00 bits per heavy atom. The second-order valence-electron chi connectivity index (χ2n) is 8.35. The van der Waals surface area contributed by atoms with Crippen molar-refractivity contribution in [1.82, 2.24) is 4.31 Å². The Morgan fingerprint density at radius 3 is 2.09 bits per heavy atom. The molecule has 1 aromatic rings. The van der Waals surface area contributed by atoms with E-state index in [9.17, 15) is 8.42 Å². The standard InChI is InChI=1S/C18H29NO2SSi/c1-14-10-12-16(13-11-14)22(20,21)19-17(18(19)23(2,3)4)15-8-6-5-7-9-15/h10-13,15,17-18H,5-9H2,1-4H3/t17-,18+,19?/m0/s1. The molecule has 0 aromatic heterocycles. The zero-order chi connectivity index (χ0) is 16.8. The second-order valence-corrected chi connectivity index (χ2v) is 15.5. The Morgan fingerprint density at radius 2 is 1.57 bits per heavy atom. The summed E-state index contributed by atoms with van der Waals surface area (Å²) in [4.78, 5) is 0.463. The third-order valence-corrected chi connectivity index (χ3v) is 9.89. The third-order valence-electron chi connectivity index (χ3n) is 5.42. The highest BCUT2D eigenvalue weighted by atomic mass is 32.2. The number of rotatable bonds is 4. The molecule has 1 heterocycles. The number of sulfonamides is 1. The van der Waals surface area contributed by atoms with E-state index in [1.807, 2.05) is 23.4 Å². The van der Waals surface area contributed by atoms with E-state index in [0.29, 0.717) is 10.8 Å². The molecule has 128 valence electrons. The van der Waals surface area contributed by atoms with Crippen molar-refractivity contribution in [1.29, 1.82) is 0 Å². The fourth-order valence-electron chi connectivity index (χ4n) is 4.21. The van der Waals surface area contributed by atoms with E-state index in [1.165, 1.54) is 32.1 Å². The highest BCUT2D eigenvalue weighted by Crippen LogP contribution is 2.48. The molecular weight excluding hydrogens is 322 g/mol. The molecule has 23 heavy (non-hydrogen) atoms. The van der Waals surface area contributed by atoms with Crippen LogP contribution in [0.4, 0.5) is 0 Å². The van der Waals surface area contributed by atoms with Crippen LogP contribution in [0.25, 0.3) is 0 Å². The highest BCUT2D eigenvalue weighted by molar-refractivity contribution is 7.89.